The zero-order valence-electron chi connectivity index (χ0n) is 13.3. The van der Waals surface area contributed by atoms with Crippen molar-refractivity contribution in [1.82, 2.24) is 0 Å². The molecule has 0 heterocycles. The van der Waals surface area contributed by atoms with Gasteiger partial charge in [0.15, 0.2) is 0 Å². The molecule has 0 aromatic heterocycles. The van der Waals surface area contributed by atoms with E-state index < -0.39 is 11.9 Å². The minimum atomic E-state index is -0.524. The molecule has 0 radical (unpaired) electrons. The van der Waals surface area contributed by atoms with Crippen LogP contribution in [-0.2, 0) is 19.1 Å². The third-order valence-corrected chi connectivity index (χ3v) is 2.77. The van der Waals surface area contributed by atoms with Crippen LogP contribution in [0.3, 0.4) is 0 Å². The normalized spacial score (nSPS) is 12.0. The van der Waals surface area contributed by atoms with Gasteiger partial charge in [-0.05, 0) is 25.8 Å². The fourth-order valence-electron chi connectivity index (χ4n) is 1.54. The van der Waals surface area contributed by atoms with Crippen LogP contribution in [0.5, 0.6) is 0 Å². The van der Waals surface area contributed by atoms with E-state index in [9.17, 15) is 9.59 Å². The third-order valence-electron chi connectivity index (χ3n) is 2.77. The molecule has 0 aromatic carbocycles. The van der Waals surface area contributed by atoms with Gasteiger partial charge in [-0.2, -0.15) is 0 Å². The SMILES string of the molecule is C=C/C=C(C(=O)OCCCC)\C(=C/C)C(=O)OCCCC. The van der Waals surface area contributed by atoms with Crippen LogP contribution < -0.4 is 0 Å². The Kier molecular flexibility index (Phi) is 10.9. The van der Waals surface area contributed by atoms with Crippen LogP contribution in [-0.4, -0.2) is 25.2 Å². The topological polar surface area (TPSA) is 52.6 Å². The Balaban J connectivity index is 4.89. The van der Waals surface area contributed by atoms with Crippen LogP contribution in [0.2, 0.25) is 0 Å². The van der Waals surface area contributed by atoms with E-state index in [1.807, 2.05) is 13.8 Å². The van der Waals surface area contributed by atoms with Crippen molar-refractivity contribution < 1.29 is 19.1 Å². The van der Waals surface area contributed by atoms with Crippen LogP contribution in [0.1, 0.15) is 46.5 Å². The van der Waals surface area contributed by atoms with Crippen LogP contribution in [0.25, 0.3) is 0 Å². The lowest BCUT2D eigenvalue weighted by atomic mass is 10.1. The van der Waals surface area contributed by atoms with Gasteiger partial charge in [-0.1, -0.05) is 45.4 Å². The molecule has 0 saturated heterocycles. The van der Waals surface area contributed by atoms with Gasteiger partial charge in [-0.15, -0.1) is 0 Å². The number of hydrogen-bond donors (Lipinski definition) is 0. The quantitative estimate of drug-likeness (QED) is 0.266. The van der Waals surface area contributed by atoms with Gasteiger partial charge in [0.05, 0.1) is 24.4 Å². The number of rotatable bonds is 10. The Morgan fingerprint density at radius 3 is 1.81 bits per heavy atom. The predicted molar refractivity (Wildman–Crippen MR) is 83.8 cm³/mol. The molecule has 0 N–H and O–H groups in total. The van der Waals surface area contributed by atoms with Gasteiger partial charge in [0.25, 0.3) is 0 Å². The molecule has 0 aliphatic carbocycles. The summed E-state index contributed by atoms with van der Waals surface area (Å²) >= 11 is 0. The number of carbonyl (C=O) groups is 2. The van der Waals surface area contributed by atoms with Gasteiger partial charge >= 0.3 is 11.9 Å². The van der Waals surface area contributed by atoms with Crippen LogP contribution >= 0.6 is 0 Å². The van der Waals surface area contributed by atoms with E-state index in [-0.39, 0.29) is 11.1 Å². The van der Waals surface area contributed by atoms with Crippen molar-refractivity contribution in [3.05, 3.63) is 36.0 Å². The highest BCUT2D eigenvalue weighted by Gasteiger charge is 2.22. The maximum Gasteiger partial charge on any atom is 0.338 e. The lowest BCUT2D eigenvalue weighted by molar-refractivity contribution is -0.142. The van der Waals surface area contributed by atoms with E-state index in [0.717, 1.165) is 25.7 Å². The zero-order valence-corrected chi connectivity index (χ0v) is 13.3. The molecule has 0 aromatic rings. The largest absolute Gasteiger partial charge is 0.462 e. The second-order valence-corrected chi connectivity index (χ2v) is 4.50. The molecule has 0 rings (SSSR count). The van der Waals surface area contributed by atoms with Crippen LogP contribution in [0.4, 0.5) is 0 Å². The first-order valence-electron chi connectivity index (χ1n) is 7.45. The predicted octanol–water partition coefficient (Wildman–Crippen LogP) is 3.73. The first-order valence-corrected chi connectivity index (χ1v) is 7.45. The first-order chi connectivity index (χ1) is 10.1. The lowest BCUT2D eigenvalue weighted by Gasteiger charge is -2.11. The number of carbonyl (C=O) groups excluding carboxylic acids is 2. The fourth-order valence-corrected chi connectivity index (χ4v) is 1.54. The number of unbranched alkanes of at least 4 members (excludes halogenated alkanes) is 2. The summed E-state index contributed by atoms with van der Waals surface area (Å²) in [5.74, 6) is -1.03. The van der Waals surface area contributed by atoms with Gasteiger partial charge in [-0.3, -0.25) is 0 Å². The van der Waals surface area contributed by atoms with Crippen molar-refractivity contribution in [1.29, 1.82) is 0 Å². The highest BCUT2D eigenvalue weighted by atomic mass is 16.5. The van der Waals surface area contributed by atoms with Crippen LogP contribution in [0, 0.1) is 0 Å². The molecule has 0 saturated carbocycles. The van der Waals surface area contributed by atoms with Crippen molar-refractivity contribution in [3.8, 4) is 0 Å². The molecule has 118 valence electrons. The van der Waals surface area contributed by atoms with Crippen molar-refractivity contribution in [2.45, 2.75) is 46.5 Å². The van der Waals surface area contributed by atoms with Crippen molar-refractivity contribution in [2.75, 3.05) is 13.2 Å². The first kappa shape index (κ1) is 19.2. The highest BCUT2D eigenvalue weighted by Crippen LogP contribution is 2.15. The van der Waals surface area contributed by atoms with Crippen LogP contribution in [0.15, 0.2) is 36.0 Å². The Morgan fingerprint density at radius 1 is 0.952 bits per heavy atom. The Labute approximate surface area is 127 Å². The molecule has 0 bridgehead atoms. The standard InChI is InChI=1S/C17H26O4/c1-5-9-12-20-16(18)14(8-4)15(11-7-3)17(19)21-13-10-6-2/h7-8,11H,3,5-6,9-10,12-13H2,1-2,4H3/b14-8+,15-11+. The maximum absolute atomic E-state index is 12.1. The van der Waals surface area contributed by atoms with E-state index in [1.54, 1.807) is 13.0 Å². The zero-order chi connectivity index (χ0) is 16.1. The number of hydrogen-bond acceptors (Lipinski definition) is 4. The summed E-state index contributed by atoms with van der Waals surface area (Å²) in [7, 11) is 0. The average molecular weight is 294 g/mol. The van der Waals surface area contributed by atoms with Gasteiger partial charge in [0.1, 0.15) is 0 Å². The Bertz CT molecular complexity index is 405. The minimum absolute atomic E-state index is 0.185. The molecule has 4 heteroatoms. The number of allylic oxidation sites excluding steroid dienone is 3. The van der Waals surface area contributed by atoms with E-state index in [0.29, 0.717) is 13.2 Å². The number of esters is 2. The Morgan fingerprint density at radius 2 is 1.43 bits per heavy atom. The van der Waals surface area contributed by atoms with Gasteiger partial charge < -0.3 is 9.47 Å². The summed E-state index contributed by atoms with van der Waals surface area (Å²) < 4.78 is 10.3. The van der Waals surface area contributed by atoms with Gasteiger partial charge in [0, 0.05) is 0 Å². The summed E-state index contributed by atoms with van der Waals surface area (Å²) in [6, 6.07) is 0. The second kappa shape index (κ2) is 11.9. The van der Waals surface area contributed by atoms with Crippen molar-refractivity contribution >= 4 is 11.9 Å². The minimum Gasteiger partial charge on any atom is -0.462 e. The summed E-state index contributed by atoms with van der Waals surface area (Å²) in [6.45, 7) is 9.96. The van der Waals surface area contributed by atoms with Crippen molar-refractivity contribution in [2.24, 2.45) is 0 Å². The van der Waals surface area contributed by atoms with E-state index in [4.69, 9.17) is 9.47 Å². The van der Waals surface area contributed by atoms with Gasteiger partial charge in [0.2, 0.25) is 0 Å². The lowest BCUT2D eigenvalue weighted by Crippen LogP contribution is -2.18. The molecule has 0 aliphatic rings. The molecule has 0 spiro atoms. The molecule has 21 heavy (non-hydrogen) atoms. The van der Waals surface area contributed by atoms with E-state index >= 15 is 0 Å². The molecule has 0 amide bonds. The highest BCUT2D eigenvalue weighted by molar-refractivity contribution is 6.07. The maximum atomic E-state index is 12.1. The molecule has 0 fully saturated rings. The molecule has 0 atom stereocenters. The smallest absolute Gasteiger partial charge is 0.338 e. The molecular weight excluding hydrogens is 268 g/mol. The van der Waals surface area contributed by atoms with Crippen molar-refractivity contribution in [3.63, 3.8) is 0 Å². The molecule has 0 aliphatic heterocycles. The Hall–Kier alpha value is -1.84. The molecule has 4 nitrogen and oxygen atoms in total. The second-order valence-electron chi connectivity index (χ2n) is 4.50. The summed E-state index contributed by atoms with van der Waals surface area (Å²) in [5, 5.41) is 0. The van der Waals surface area contributed by atoms with E-state index in [2.05, 4.69) is 6.58 Å². The fraction of sp³-hybridized carbons (Fsp3) is 0.529. The number of ether oxygens (including phenoxy) is 2. The summed E-state index contributed by atoms with van der Waals surface area (Å²) in [4.78, 5) is 24.1. The van der Waals surface area contributed by atoms with E-state index in [1.165, 1.54) is 12.2 Å². The third kappa shape index (κ3) is 7.49. The summed E-state index contributed by atoms with van der Waals surface area (Å²) in [5.41, 5.74) is 0.401. The monoisotopic (exact) mass is 294 g/mol. The molecule has 0 unspecified atom stereocenters. The average Bonchev–Trinajstić information content (AvgIpc) is 2.47. The summed E-state index contributed by atoms with van der Waals surface area (Å²) in [6.07, 6.45) is 7.95. The van der Waals surface area contributed by atoms with Gasteiger partial charge in [-0.25, -0.2) is 9.59 Å². The molecular formula is C17H26O4.